The van der Waals surface area contributed by atoms with E-state index in [0.29, 0.717) is 4.90 Å². The van der Waals surface area contributed by atoms with Gasteiger partial charge in [-0.1, -0.05) is 20.8 Å². The van der Waals surface area contributed by atoms with E-state index in [1.165, 1.54) is 0 Å². The van der Waals surface area contributed by atoms with Crippen molar-refractivity contribution in [2.45, 2.75) is 26.3 Å². The molecule has 1 heterocycles. The SMILES string of the molecule is CC(C)(C)[C@@]1(C(=O)O)CNC(=O)N1C(=O)O. The number of carboxylic acid groups (broad SMARTS) is 2. The van der Waals surface area contributed by atoms with Crippen molar-refractivity contribution >= 4 is 18.1 Å². The third-order valence-corrected chi connectivity index (χ3v) is 2.87. The van der Waals surface area contributed by atoms with Crippen LogP contribution in [0.3, 0.4) is 0 Å². The predicted molar refractivity (Wildman–Crippen MR) is 53.1 cm³/mol. The number of nitrogens with one attached hydrogen (secondary N) is 1. The summed E-state index contributed by atoms with van der Waals surface area (Å²) in [6, 6.07) is -0.898. The first-order chi connectivity index (χ1) is 7.14. The molecule has 0 aliphatic carbocycles. The van der Waals surface area contributed by atoms with Gasteiger partial charge in [0.15, 0.2) is 5.54 Å². The zero-order chi connectivity index (χ0) is 12.7. The highest BCUT2D eigenvalue weighted by Crippen LogP contribution is 2.38. The maximum atomic E-state index is 11.4. The largest absolute Gasteiger partial charge is 0.479 e. The standard InChI is InChI=1S/C9H14N2O5/c1-8(2,3)9(5(12)13)4-10-6(14)11(9)7(15)16/h4H2,1-3H3,(H,10,14)(H,12,13)(H,15,16)/t9-/m0/s1. The van der Waals surface area contributed by atoms with E-state index >= 15 is 0 Å². The lowest BCUT2D eigenvalue weighted by Gasteiger charge is -2.40. The molecular weight excluding hydrogens is 216 g/mol. The summed E-state index contributed by atoms with van der Waals surface area (Å²) in [5, 5.41) is 20.4. The highest BCUT2D eigenvalue weighted by molar-refractivity contribution is 6.00. The van der Waals surface area contributed by atoms with Crippen LogP contribution in [0, 0.1) is 5.41 Å². The number of hydrogen-bond acceptors (Lipinski definition) is 3. The molecule has 0 aromatic carbocycles. The minimum absolute atomic E-state index is 0.225. The van der Waals surface area contributed by atoms with Crippen LogP contribution in [0.1, 0.15) is 20.8 Å². The molecule has 0 unspecified atom stereocenters. The van der Waals surface area contributed by atoms with E-state index in [-0.39, 0.29) is 6.54 Å². The Labute approximate surface area is 92.0 Å². The Morgan fingerprint density at radius 3 is 2.12 bits per heavy atom. The van der Waals surface area contributed by atoms with Crippen molar-refractivity contribution in [3.63, 3.8) is 0 Å². The van der Waals surface area contributed by atoms with E-state index in [1.807, 2.05) is 0 Å². The molecule has 90 valence electrons. The number of carbonyl (C=O) groups excluding carboxylic acids is 1. The van der Waals surface area contributed by atoms with Crippen LogP contribution in [0.2, 0.25) is 0 Å². The fourth-order valence-electron chi connectivity index (χ4n) is 1.88. The Bertz CT molecular complexity index is 359. The van der Waals surface area contributed by atoms with Crippen molar-refractivity contribution in [3.8, 4) is 0 Å². The summed E-state index contributed by atoms with van der Waals surface area (Å²) in [5.74, 6) is -1.33. The van der Waals surface area contributed by atoms with Gasteiger partial charge < -0.3 is 15.5 Å². The first-order valence-corrected chi connectivity index (χ1v) is 4.69. The Morgan fingerprint density at radius 1 is 1.38 bits per heavy atom. The molecule has 1 saturated heterocycles. The van der Waals surface area contributed by atoms with E-state index in [4.69, 9.17) is 5.11 Å². The summed E-state index contributed by atoms with van der Waals surface area (Å²) in [6.45, 7) is 4.52. The summed E-state index contributed by atoms with van der Waals surface area (Å²) < 4.78 is 0. The van der Waals surface area contributed by atoms with Crippen LogP contribution in [0.25, 0.3) is 0 Å². The first-order valence-electron chi connectivity index (χ1n) is 4.69. The molecule has 1 fully saturated rings. The normalized spacial score (nSPS) is 25.4. The topological polar surface area (TPSA) is 107 Å². The zero-order valence-electron chi connectivity index (χ0n) is 9.27. The second-order valence-corrected chi connectivity index (χ2v) is 4.69. The number of rotatable bonds is 1. The van der Waals surface area contributed by atoms with E-state index in [2.05, 4.69) is 5.32 Å². The van der Waals surface area contributed by atoms with Gasteiger partial charge in [-0.05, 0) is 5.41 Å². The number of carbonyl (C=O) groups is 3. The monoisotopic (exact) mass is 230 g/mol. The summed E-state index contributed by atoms with van der Waals surface area (Å²) in [6.07, 6.45) is -1.56. The molecule has 1 aliphatic heterocycles. The van der Waals surface area contributed by atoms with Crippen molar-refractivity contribution in [2.75, 3.05) is 6.54 Å². The van der Waals surface area contributed by atoms with E-state index in [0.717, 1.165) is 0 Å². The fourth-order valence-corrected chi connectivity index (χ4v) is 1.88. The molecule has 0 aromatic heterocycles. The van der Waals surface area contributed by atoms with Crippen molar-refractivity contribution in [3.05, 3.63) is 0 Å². The lowest BCUT2D eigenvalue weighted by molar-refractivity contribution is -0.153. The smallest absolute Gasteiger partial charge is 0.416 e. The molecule has 7 nitrogen and oxygen atoms in total. The van der Waals surface area contributed by atoms with Crippen LogP contribution in [-0.4, -0.2) is 45.3 Å². The van der Waals surface area contributed by atoms with Gasteiger partial charge in [0, 0.05) is 0 Å². The Morgan fingerprint density at radius 2 is 1.88 bits per heavy atom. The molecule has 1 rings (SSSR count). The van der Waals surface area contributed by atoms with E-state index < -0.39 is 29.0 Å². The Balaban J connectivity index is 3.37. The fraction of sp³-hybridized carbons (Fsp3) is 0.667. The minimum Gasteiger partial charge on any atom is -0.479 e. The zero-order valence-corrected chi connectivity index (χ0v) is 9.27. The number of imide groups is 1. The summed E-state index contributed by atoms with van der Waals surface area (Å²) in [5.41, 5.74) is -2.67. The van der Waals surface area contributed by atoms with Crippen LogP contribution >= 0.6 is 0 Å². The van der Waals surface area contributed by atoms with E-state index in [1.54, 1.807) is 20.8 Å². The third kappa shape index (κ3) is 1.39. The minimum atomic E-state index is -1.77. The Kier molecular flexibility index (Phi) is 2.58. The van der Waals surface area contributed by atoms with Crippen LogP contribution in [0.15, 0.2) is 0 Å². The molecule has 0 radical (unpaired) electrons. The van der Waals surface area contributed by atoms with Crippen LogP contribution in [-0.2, 0) is 4.79 Å². The van der Waals surface area contributed by atoms with Crippen molar-refractivity contribution in [1.82, 2.24) is 10.2 Å². The number of urea groups is 1. The van der Waals surface area contributed by atoms with Gasteiger partial charge in [-0.2, -0.15) is 0 Å². The second kappa shape index (κ2) is 3.36. The highest BCUT2D eigenvalue weighted by Gasteiger charge is 2.61. The number of hydrogen-bond donors (Lipinski definition) is 3. The summed E-state index contributed by atoms with van der Waals surface area (Å²) in [7, 11) is 0. The molecular formula is C9H14N2O5. The summed E-state index contributed by atoms with van der Waals surface area (Å²) >= 11 is 0. The van der Waals surface area contributed by atoms with Gasteiger partial charge in [-0.25, -0.2) is 19.3 Å². The maximum absolute atomic E-state index is 11.4. The molecule has 3 amide bonds. The lowest BCUT2D eigenvalue weighted by atomic mass is 9.73. The molecule has 0 bridgehead atoms. The number of carboxylic acids is 1. The first kappa shape index (κ1) is 12.3. The van der Waals surface area contributed by atoms with Gasteiger partial charge in [0.25, 0.3) is 0 Å². The molecule has 16 heavy (non-hydrogen) atoms. The number of aliphatic carboxylic acids is 1. The second-order valence-electron chi connectivity index (χ2n) is 4.69. The molecule has 3 N–H and O–H groups in total. The molecule has 0 aromatic rings. The third-order valence-electron chi connectivity index (χ3n) is 2.87. The maximum Gasteiger partial charge on any atom is 0.416 e. The molecule has 0 saturated carbocycles. The van der Waals surface area contributed by atoms with E-state index in [9.17, 15) is 19.5 Å². The van der Waals surface area contributed by atoms with Gasteiger partial charge in [-0.3, -0.25) is 0 Å². The van der Waals surface area contributed by atoms with Crippen molar-refractivity contribution in [2.24, 2.45) is 5.41 Å². The quantitative estimate of drug-likeness (QED) is 0.610. The molecule has 0 spiro atoms. The highest BCUT2D eigenvalue weighted by atomic mass is 16.4. The van der Waals surface area contributed by atoms with Gasteiger partial charge >= 0.3 is 18.1 Å². The number of amides is 3. The van der Waals surface area contributed by atoms with Gasteiger partial charge in [0.05, 0.1) is 6.54 Å². The lowest BCUT2D eigenvalue weighted by Crippen LogP contribution is -2.63. The van der Waals surface area contributed by atoms with Crippen LogP contribution in [0.5, 0.6) is 0 Å². The molecule has 1 aliphatic rings. The average molecular weight is 230 g/mol. The van der Waals surface area contributed by atoms with Crippen LogP contribution < -0.4 is 5.32 Å². The van der Waals surface area contributed by atoms with Crippen molar-refractivity contribution < 1.29 is 24.6 Å². The molecule has 7 heteroatoms. The van der Waals surface area contributed by atoms with Gasteiger partial charge in [0.1, 0.15) is 0 Å². The predicted octanol–water partition coefficient (Wildman–Crippen LogP) is 0.559. The number of nitrogens with zero attached hydrogens (tertiary/aromatic N) is 1. The Hall–Kier alpha value is -1.79. The van der Waals surface area contributed by atoms with Crippen LogP contribution in [0.4, 0.5) is 9.59 Å². The average Bonchev–Trinajstić information content (AvgIpc) is 2.42. The van der Waals surface area contributed by atoms with Gasteiger partial charge in [-0.15, -0.1) is 0 Å². The summed E-state index contributed by atoms with van der Waals surface area (Å²) in [4.78, 5) is 34.0. The molecule has 1 atom stereocenters. The van der Waals surface area contributed by atoms with Gasteiger partial charge in [0.2, 0.25) is 0 Å². The van der Waals surface area contributed by atoms with Crippen molar-refractivity contribution in [1.29, 1.82) is 0 Å².